The number of hydrogen-bond acceptors (Lipinski definition) is 2. The van der Waals surface area contributed by atoms with E-state index in [1.807, 2.05) is 19.1 Å². The van der Waals surface area contributed by atoms with Gasteiger partial charge in [-0.05, 0) is 27.8 Å². The maximum Gasteiger partial charge on any atom is 0.0795 e. The summed E-state index contributed by atoms with van der Waals surface area (Å²) < 4.78 is 0. The van der Waals surface area contributed by atoms with Gasteiger partial charge >= 0.3 is 0 Å². The van der Waals surface area contributed by atoms with Crippen molar-refractivity contribution in [3.63, 3.8) is 0 Å². The maximum absolute atomic E-state index is 9.81. The minimum absolute atomic E-state index is 0.306. The molecule has 0 aromatic rings. The van der Waals surface area contributed by atoms with Crippen molar-refractivity contribution in [3.8, 4) is 0 Å². The van der Waals surface area contributed by atoms with E-state index in [-0.39, 0.29) is 10.9 Å². The second-order valence-corrected chi connectivity index (χ2v) is 4.08. The average Bonchev–Trinajstić information content (AvgIpc) is 2.38. The average molecular weight is 155 g/mol. The summed E-state index contributed by atoms with van der Waals surface area (Å²) in [5, 5.41) is 6.90. The first-order valence-corrected chi connectivity index (χ1v) is 4.45. The van der Waals surface area contributed by atoms with Gasteiger partial charge in [0.15, 0.2) is 0 Å². The molecule has 0 saturated carbocycles. The number of nitroso groups, excluding NO2 is 1. The van der Waals surface area contributed by atoms with E-state index in [1.165, 1.54) is 6.20 Å². The number of thiol groups is 1. The smallest absolute Gasteiger partial charge is 0.0795 e. The Kier molecular flexibility index (Phi) is 2.45. The van der Waals surface area contributed by atoms with E-state index in [4.69, 9.17) is 0 Å². The standard InChI is InChI=1S/C7H9NOS/c1-7(6-8-9)10-4-2-3-5-10/h2-6,10H,1H3. The van der Waals surface area contributed by atoms with Crippen LogP contribution in [0.3, 0.4) is 0 Å². The summed E-state index contributed by atoms with van der Waals surface area (Å²) in [4.78, 5) is 10.9. The molecule has 0 saturated heterocycles. The molecule has 0 aromatic heterocycles. The lowest BCUT2D eigenvalue weighted by Crippen LogP contribution is -1.69. The largest absolute Gasteiger partial charge is 0.189 e. The Morgan fingerprint density at radius 3 is 2.60 bits per heavy atom. The highest BCUT2D eigenvalue weighted by molar-refractivity contribution is 8.25. The van der Waals surface area contributed by atoms with Gasteiger partial charge < -0.3 is 0 Å². The van der Waals surface area contributed by atoms with Crippen molar-refractivity contribution in [3.05, 3.63) is 39.0 Å². The Morgan fingerprint density at radius 2 is 2.10 bits per heavy atom. The summed E-state index contributed by atoms with van der Waals surface area (Å²) in [5.74, 6) is 0. The van der Waals surface area contributed by atoms with Crippen LogP contribution in [0.5, 0.6) is 0 Å². The summed E-state index contributed by atoms with van der Waals surface area (Å²) >= 11 is 0. The van der Waals surface area contributed by atoms with E-state index in [1.54, 1.807) is 0 Å². The van der Waals surface area contributed by atoms with Crippen molar-refractivity contribution >= 4 is 10.9 Å². The molecule has 0 atom stereocenters. The topological polar surface area (TPSA) is 29.4 Å². The molecule has 1 aliphatic rings. The molecule has 0 amide bonds. The number of rotatable bonds is 2. The van der Waals surface area contributed by atoms with Gasteiger partial charge in [0, 0.05) is 0 Å². The first kappa shape index (κ1) is 7.28. The molecule has 0 unspecified atom stereocenters. The van der Waals surface area contributed by atoms with Crippen LogP contribution in [-0.4, -0.2) is 0 Å². The van der Waals surface area contributed by atoms with Crippen molar-refractivity contribution in [1.82, 2.24) is 0 Å². The molecule has 0 bridgehead atoms. The first-order chi connectivity index (χ1) is 4.84. The Morgan fingerprint density at radius 1 is 1.50 bits per heavy atom. The molecule has 1 aliphatic heterocycles. The minimum Gasteiger partial charge on any atom is -0.189 e. The SMILES string of the molecule is CC(=CN=O)[SH]1C=CC=C1. The van der Waals surface area contributed by atoms with Crippen molar-refractivity contribution in [2.75, 3.05) is 0 Å². The minimum atomic E-state index is -0.306. The van der Waals surface area contributed by atoms with Gasteiger partial charge in [-0.3, -0.25) is 0 Å². The van der Waals surface area contributed by atoms with Crippen LogP contribution in [0.2, 0.25) is 0 Å². The molecule has 2 nitrogen and oxygen atoms in total. The molecule has 0 spiro atoms. The molecule has 3 heteroatoms. The molecule has 0 aromatic carbocycles. The van der Waals surface area contributed by atoms with Crippen LogP contribution in [0.25, 0.3) is 0 Å². The van der Waals surface area contributed by atoms with Gasteiger partial charge in [-0.1, -0.05) is 12.2 Å². The highest BCUT2D eigenvalue weighted by atomic mass is 32.2. The van der Waals surface area contributed by atoms with Crippen LogP contribution in [0.1, 0.15) is 6.92 Å². The Labute approximate surface area is 62.6 Å². The Hall–Kier alpha value is -0.830. The summed E-state index contributed by atoms with van der Waals surface area (Å²) in [7, 11) is -0.306. The molecule has 1 heterocycles. The third-order valence-electron chi connectivity index (χ3n) is 1.25. The lowest BCUT2D eigenvalue weighted by atomic mass is 10.6. The third-order valence-corrected chi connectivity index (χ3v) is 3.17. The summed E-state index contributed by atoms with van der Waals surface area (Å²) in [6, 6.07) is 0. The molecular weight excluding hydrogens is 146 g/mol. The highest BCUT2D eigenvalue weighted by Gasteiger charge is 1.99. The quantitative estimate of drug-likeness (QED) is 0.482. The fourth-order valence-corrected chi connectivity index (χ4v) is 2.03. The fraction of sp³-hybridized carbons (Fsp3) is 0.143. The van der Waals surface area contributed by atoms with Gasteiger partial charge in [-0.25, -0.2) is 0 Å². The number of nitrogens with zero attached hydrogens (tertiary/aromatic N) is 1. The number of hydrogen-bond donors (Lipinski definition) is 1. The molecule has 54 valence electrons. The van der Waals surface area contributed by atoms with E-state index >= 15 is 0 Å². The molecule has 10 heavy (non-hydrogen) atoms. The zero-order valence-corrected chi connectivity index (χ0v) is 6.58. The van der Waals surface area contributed by atoms with E-state index in [0.717, 1.165) is 4.91 Å². The van der Waals surface area contributed by atoms with Crippen molar-refractivity contribution in [1.29, 1.82) is 0 Å². The summed E-state index contributed by atoms with van der Waals surface area (Å²) in [6.07, 6.45) is 5.37. The fourth-order valence-electron chi connectivity index (χ4n) is 0.713. The van der Waals surface area contributed by atoms with Gasteiger partial charge in [-0.2, -0.15) is 10.9 Å². The van der Waals surface area contributed by atoms with Crippen molar-refractivity contribution < 1.29 is 0 Å². The summed E-state index contributed by atoms with van der Waals surface area (Å²) in [6.45, 7) is 1.92. The lowest BCUT2D eigenvalue weighted by Gasteiger charge is -2.06. The van der Waals surface area contributed by atoms with E-state index in [9.17, 15) is 4.91 Å². The molecule has 1 rings (SSSR count). The molecule has 0 aliphatic carbocycles. The van der Waals surface area contributed by atoms with Crippen LogP contribution in [0.4, 0.5) is 0 Å². The van der Waals surface area contributed by atoms with Gasteiger partial charge in [0.25, 0.3) is 0 Å². The van der Waals surface area contributed by atoms with Gasteiger partial charge in [0.05, 0.1) is 6.20 Å². The lowest BCUT2D eigenvalue weighted by molar-refractivity contribution is 1.48. The van der Waals surface area contributed by atoms with E-state index in [2.05, 4.69) is 16.0 Å². The second-order valence-electron chi connectivity index (χ2n) is 1.97. The molecule has 0 radical (unpaired) electrons. The Bertz CT molecular complexity index is 206. The van der Waals surface area contributed by atoms with Crippen molar-refractivity contribution in [2.24, 2.45) is 5.18 Å². The van der Waals surface area contributed by atoms with Gasteiger partial charge in [0.2, 0.25) is 0 Å². The first-order valence-electron chi connectivity index (χ1n) is 2.97. The predicted octanol–water partition coefficient (Wildman–Crippen LogP) is 2.66. The van der Waals surface area contributed by atoms with Gasteiger partial charge in [0.1, 0.15) is 0 Å². The van der Waals surface area contributed by atoms with E-state index < -0.39 is 0 Å². The third kappa shape index (κ3) is 1.57. The van der Waals surface area contributed by atoms with Crippen LogP contribution in [0.15, 0.2) is 39.3 Å². The van der Waals surface area contributed by atoms with E-state index in [0.29, 0.717) is 0 Å². The second kappa shape index (κ2) is 3.37. The monoisotopic (exact) mass is 155 g/mol. The predicted molar refractivity (Wildman–Crippen MR) is 46.8 cm³/mol. The van der Waals surface area contributed by atoms with Crippen LogP contribution in [0, 0.1) is 4.91 Å². The van der Waals surface area contributed by atoms with Crippen LogP contribution >= 0.6 is 10.9 Å². The maximum atomic E-state index is 9.81. The van der Waals surface area contributed by atoms with Crippen LogP contribution in [-0.2, 0) is 0 Å². The molecular formula is C7H9NOS. The molecule has 0 N–H and O–H groups in total. The van der Waals surface area contributed by atoms with Gasteiger partial charge in [-0.15, -0.1) is 4.91 Å². The zero-order valence-electron chi connectivity index (χ0n) is 5.69. The number of allylic oxidation sites excluding steroid dienone is 3. The van der Waals surface area contributed by atoms with Crippen molar-refractivity contribution in [2.45, 2.75) is 6.92 Å². The highest BCUT2D eigenvalue weighted by Crippen LogP contribution is 2.40. The van der Waals surface area contributed by atoms with Crippen LogP contribution < -0.4 is 0 Å². The Balaban J connectivity index is 2.65. The normalized spacial score (nSPS) is 20.1. The molecule has 0 fully saturated rings. The zero-order chi connectivity index (χ0) is 7.40. The summed E-state index contributed by atoms with van der Waals surface area (Å²) in [5.41, 5.74) is 0.